The fourth-order valence-corrected chi connectivity index (χ4v) is 2.26. The van der Waals surface area contributed by atoms with Gasteiger partial charge in [-0.05, 0) is 41.3 Å². The van der Waals surface area contributed by atoms with Crippen LogP contribution in [-0.4, -0.2) is 4.98 Å². The molecule has 0 amide bonds. The molecule has 0 aliphatic heterocycles. The topological polar surface area (TPSA) is 24.9 Å². The third-order valence-electron chi connectivity index (χ3n) is 3.17. The van der Waals surface area contributed by atoms with Gasteiger partial charge >= 0.3 is 0 Å². The summed E-state index contributed by atoms with van der Waals surface area (Å²) in [5.74, 6) is 0.517. The third-order valence-corrected chi connectivity index (χ3v) is 3.42. The van der Waals surface area contributed by atoms with E-state index in [0.29, 0.717) is 12.0 Å². The van der Waals surface area contributed by atoms with Gasteiger partial charge in [0.2, 0.25) is 0 Å². The van der Waals surface area contributed by atoms with Crippen LogP contribution in [0.1, 0.15) is 31.0 Å². The van der Waals surface area contributed by atoms with Gasteiger partial charge in [0.1, 0.15) is 0 Å². The number of aromatic nitrogens is 1. The maximum absolute atomic E-state index is 5.94. The molecule has 0 spiro atoms. The SMILES string of the molecule is CC(C)C(NCc1ccncc1)c1ccc(Cl)cc1. The Balaban J connectivity index is 2.06. The van der Waals surface area contributed by atoms with E-state index < -0.39 is 0 Å². The van der Waals surface area contributed by atoms with E-state index in [4.69, 9.17) is 11.6 Å². The molecule has 3 heteroatoms. The highest BCUT2D eigenvalue weighted by Gasteiger charge is 2.14. The lowest BCUT2D eigenvalue weighted by Gasteiger charge is -2.23. The summed E-state index contributed by atoms with van der Waals surface area (Å²) in [5, 5.41) is 4.38. The molecule has 2 rings (SSSR count). The zero-order valence-corrected chi connectivity index (χ0v) is 12.1. The van der Waals surface area contributed by atoms with Crippen molar-refractivity contribution in [1.82, 2.24) is 10.3 Å². The van der Waals surface area contributed by atoms with E-state index in [2.05, 4.69) is 36.3 Å². The summed E-state index contributed by atoms with van der Waals surface area (Å²) in [7, 11) is 0. The minimum Gasteiger partial charge on any atom is -0.306 e. The predicted octanol–water partition coefficient (Wildman–Crippen LogP) is 4.22. The molecule has 2 nitrogen and oxygen atoms in total. The zero-order chi connectivity index (χ0) is 13.7. The Morgan fingerprint density at radius 1 is 1.05 bits per heavy atom. The highest BCUT2D eigenvalue weighted by Crippen LogP contribution is 2.23. The van der Waals surface area contributed by atoms with Gasteiger partial charge in [0, 0.05) is 30.0 Å². The third kappa shape index (κ3) is 4.05. The van der Waals surface area contributed by atoms with Crippen molar-refractivity contribution in [2.45, 2.75) is 26.4 Å². The maximum Gasteiger partial charge on any atom is 0.0406 e. The van der Waals surface area contributed by atoms with Crippen LogP contribution in [0.4, 0.5) is 0 Å². The van der Waals surface area contributed by atoms with E-state index in [9.17, 15) is 0 Å². The molecule has 0 aliphatic carbocycles. The zero-order valence-electron chi connectivity index (χ0n) is 11.3. The molecule has 0 fully saturated rings. The Morgan fingerprint density at radius 2 is 1.68 bits per heavy atom. The first-order valence-electron chi connectivity index (χ1n) is 6.54. The molecule has 0 saturated heterocycles. The smallest absolute Gasteiger partial charge is 0.0406 e. The molecule has 1 aromatic heterocycles. The minimum absolute atomic E-state index is 0.324. The van der Waals surface area contributed by atoms with Crippen LogP contribution in [0.3, 0.4) is 0 Å². The lowest BCUT2D eigenvalue weighted by molar-refractivity contribution is 0.410. The van der Waals surface area contributed by atoms with Crippen molar-refractivity contribution in [2.75, 3.05) is 0 Å². The van der Waals surface area contributed by atoms with E-state index in [1.54, 1.807) is 0 Å². The van der Waals surface area contributed by atoms with Crippen LogP contribution in [0.15, 0.2) is 48.8 Å². The Labute approximate surface area is 119 Å². The molecule has 1 heterocycles. The standard InChI is InChI=1S/C16H19ClN2/c1-12(2)16(14-3-5-15(17)6-4-14)19-11-13-7-9-18-10-8-13/h3-10,12,16,19H,11H2,1-2H3. The summed E-state index contributed by atoms with van der Waals surface area (Å²) in [5.41, 5.74) is 2.52. The number of rotatable bonds is 5. The second-order valence-electron chi connectivity index (χ2n) is 5.01. The Bertz CT molecular complexity index is 494. The fraction of sp³-hybridized carbons (Fsp3) is 0.312. The summed E-state index contributed by atoms with van der Waals surface area (Å²) in [6.45, 7) is 5.28. The Morgan fingerprint density at radius 3 is 2.26 bits per heavy atom. The van der Waals surface area contributed by atoms with Crippen LogP contribution in [0.5, 0.6) is 0 Å². The summed E-state index contributed by atoms with van der Waals surface area (Å²) >= 11 is 5.94. The van der Waals surface area contributed by atoms with Gasteiger partial charge in [-0.3, -0.25) is 4.98 Å². The van der Waals surface area contributed by atoms with Gasteiger partial charge in [0.15, 0.2) is 0 Å². The fourth-order valence-electron chi connectivity index (χ4n) is 2.14. The number of hydrogen-bond donors (Lipinski definition) is 1. The molecular weight excluding hydrogens is 256 g/mol. The van der Waals surface area contributed by atoms with E-state index in [0.717, 1.165) is 11.6 Å². The number of nitrogens with zero attached hydrogens (tertiary/aromatic N) is 1. The molecule has 0 radical (unpaired) electrons. The molecule has 1 atom stereocenters. The highest BCUT2D eigenvalue weighted by atomic mass is 35.5. The lowest BCUT2D eigenvalue weighted by Crippen LogP contribution is -2.25. The Kier molecular flexibility index (Phi) is 4.94. The second kappa shape index (κ2) is 6.69. The minimum atomic E-state index is 0.324. The van der Waals surface area contributed by atoms with Crippen LogP contribution in [0, 0.1) is 5.92 Å². The van der Waals surface area contributed by atoms with Gasteiger partial charge in [-0.15, -0.1) is 0 Å². The van der Waals surface area contributed by atoms with Gasteiger partial charge in [0.25, 0.3) is 0 Å². The van der Waals surface area contributed by atoms with Crippen LogP contribution in [0.25, 0.3) is 0 Å². The van der Waals surface area contributed by atoms with Crippen molar-refractivity contribution in [3.05, 3.63) is 64.9 Å². The van der Waals surface area contributed by atoms with E-state index in [1.165, 1.54) is 11.1 Å². The molecule has 1 N–H and O–H groups in total. The van der Waals surface area contributed by atoms with E-state index in [-0.39, 0.29) is 0 Å². The van der Waals surface area contributed by atoms with Gasteiger partial charge in [-0.1, -0.05) is 37.6 Å². The largest absolute Gasteiger partial charge is 0.306 e. The molecular formula is C16H19ClN2. The molecule has 2 aromatic rings. The average Bonchev–Trinajstić information content (AvgIpc) is 2.42. The van der Waals surface area contributed by atoms with E-state index in [1.807, 2.05) is 36.7 Å². The van der Waals surface area contributed by atoms with Crippen LogP contribution in [-0.2, 0) is 6.54 Å². The Hall–Kier alpha value is -1.38. The van der Waals surface area contributed by atoms with Crippen LogP contribution >= 0.6 is 11.6 Å². The summed E-state index contributed by atoms with van der Waals surface area (Å²) in [4.78, 5) is 4.03. The van der Waals surface area contributed by atoms with Crippen molar-refractivity contribution in [2.24, 2.45) is 5.92 Å². The van der Waals surface area contributed by atoms with Gasteiger partial charge in [-0.25, -0.2) is 0 Å². The van der Waals surface area contributed by atoms with Crippen molar-refractivity contribution < 1.29 is 0 Å². The summed E-state index contributed by atoms with van der Waals surface area (Å²) in [6, 6.07) is 12.5. The first kappa shape index (κ1) is 14.0. The van der Waals surface area contributed by atoms with Gasteiger partial charge in [0.05, 0.1) is 0 Å². The maximum atomic E-state index is 5.94. The lowest BCUT2D eigenvalue weighted by atomic mass is 9.96. The van der Waals surface area contributed by atoms with E-state index >= 15 is 0 Å². The number of nitrogens with one attached hydrogen (secondary N) is 1. The number of benzene rings is 1. The average molecular weight is 275 g/mol. The molecule has 100 valence electrons. The van der Waals surface area contributed by atoms with Crippen LogP contribution < -0.4 is 5.32 Å². The summed E-state index contributed by atoms with van der Waals surface area (Å²) < 4.78 is 0. The van der Waals surface area contributed by atoms with Crippen molar-refractivity contribution in [3.8, 4) is 0 Å². The first-order chi connectivity index (χ1) is 9.16. The first-order valence-corrected chi connectivity index (χ1v) is 6.92. The van der Waals surface area contributed by atoms with Crippen molar-refractivity contribution in [3.63, 3.8) is 0 Å². The van der Waals surface area contributed by atoms with Gasteiger partial charge in [-0.2, -0.15) is 0 Å². The number of hydrogen-bond acceptors (Lipinski definition) is 2. The quantitative estimate of drug-likeness (QED) is 0.883. The molecule has 1 unspecified atom stereocenters. The molecule has 0 bridgehead atoms. The molecule has 19 heavy (non-hydrogen) atoms. The van der Waals surface area contributed by atoms with Crippen molar-refractivity contribution in [1.29, 1.82) is 0 Å². The van der Waals surface area contributed by atoms with Crippen LogP contribution in [0.2, 0.25) is 5.02 Å². The molecule has 0 aliphatic rings. The highest BCUT2D eigenvalue weighted by molar-refractivity contribution is 6.30. The molecule has 0 saturated carbocycles. The summed E-state index contributed by atoms with van der Waals surface area (Å²) in [6.07, 6.45) is 3.65. The van der Waals surface area contributed by atoms with Crippen molar-refractivity contribution >= 4 is 11.6 Å². The number of halogens is 1. The predicted molar refractivity (Wildman–Crippen MR) is 80.1 cm³/mol. The number of pyridine rings is 1. The monoisotopic (exact) mass is 274 g/mol. The molecule has 1 aromatic carbocycles. The normalized spacial score (nSPS) is 12.6. The second-order valence-corrected chi connectivity index (χ2v) is 5.45. The van der Waals surface area contributed by atoms with Gasteiger partial charge < -0.3 is 5.32 Å².